The second kappa shape index (κ2) is 5.62. The van der Waals surface area contributed by atoms with E-state index in [4.69, 9.17) is 5.11 Å². The van der Waals surface area contributed by atoms with Gasteiger partial charge in [0, 0.05) is 31.9 Å². The Balaban J connectivity index is 2.01. The lowest BCUT2D eigenvalue weighted by atomic mass is 10.1. The Bertz CT molecular complexity index is 498. The van der Waals surface area contributed by atoms with Gasteiger partial charge in [-0.15, -0.1) is 0 Å². The highest BCUT2D eigenvalue weighted by molar-refractivity contribution is 5.96. The van der Waals surface area contributed by atoms with Crippen LogP contribution in [0.3, 0.4) is 0 Å². The molecule has 0 bridgehead atoms. The molecule has 1 atom stereocenters. The van der Waals surface area contributed by atoms with Crippen molar-refractivity contribution in [1.82, 2.24) is 20.0 Å². The second-order valence-electron chi connectivity index (χ2n) is 5.15. The molecule has 0 saturated carbocycles. The highest BCUT2D eigenvalue weighted by Gasteiger charge is 2.29. The summed E-state index contributed by atoms with van der Waals surface area (Å²) in [6.07, 6.45) is 0. The van der Waals surface area contributed by atoms with Gasteiger partial charge >= 0.3 is 5.97 Å². The van der Waals surface area contributed by atoms with Gasteiger partial charge in [0.25, 0.3) is 5.91 Å². The Morgan fingerprint density at radius 3 is 2.30 bits per heavy atom. The number of aromatic amines is 1. The molecular weight excluding hydrogens is 260 g/mol. The number of nitrogens with zero attached hydrogens (tertiary/aromatic N) is 3. The molecule has 7 heteroatoms. The maximum Gasteiger partial charge on any atom is 0.320 e. The molecule has 1 aliphatic rings. The van der Waals surface area contributed by atoms with Crippen molar-refractivity contribution in [1.29, 1.82) is 0 Å². The summed E-state index contributed by atoms with van der Waals surface area (Å²) in [6, 6.07) is -0.510. The van der Waals surface area contributed by atoms with Crippen LogP contribution in [0.1, 0.15) is 28.7 Å². The fourth-order valence-corrected chi connectivity index (χ4v) is 2.49. The molecule has 1 unspecified atom stereocenters. The van der Waals surface area contributed by atoms with E-state index in [2.05, 4.69) is 10.2 Å². The third kappa shape index (κ3) is 2.67. The molecule has 1 saturated heterocycles. The zero-order chi connectivity index (χ0) is 14.9. The van der Waals surface area contributed by atoms with E-state index in [0.717, 1.165) is 5.69 Å². The lowest BCUT2D eigenvalue weighted by Gasteiger charge is -2.36. The smallest absolute Gasteiger partial charge is 0.320 e. The van der Waals surface area contributed by atoms with E-state index in [0.29, 0.717) is 37.4 Å². The van der Waals surface area contributed by atoms with Gasteiger partial charge in [0.15, 0.2) is 0 Å². The number of hydrogen-bond acceptors (Lipinski definition) is 4. The molecule has 1 aliphatic heterocycles. The first-order valence-electron chi connectivity index (χ1n) is 6.69. The Morgan fingerprint density at radius 2 is 1.85 bits per heavy atom. The summed E-state index contributed by atoms with van der Waals surface area (Å²) >= 11 is 0. The normalized spacial score (nSPS) is 18.1. The van der Waals surface area contributed by atoms with Crippen LogP contribution in [0.4, 0.5) is 0 Å². The number of carboxylic acid groups (broad SMARTS) is 1. The molecule has 0 aromatic carbocycles. The molecule has 1 aromatic heterocycles. The summed E-state index contributed by atoms with van der Waals surface area (Å²) < 4.78 is 0. The number of carboxylic acids is 1. The van der Waals surface area contributed by atoms with E-state index in [-0.39, 0.29) is 5.91 Å². The van der Waals surface area contributed by atoms with Crippen molar-refractivity contribution in [2.24, 2.45) is 0 Å². The van der Waals surface area contributed by atoms with Crippen molar-refractivity contribution < 1.29 is 14.7 Å². The van der Waals surface area contributed by atoms with E-state index < -0.39 is 12.0 Å². The van der Waals surface area contributed by atoms with Gasteiger partial charge in [-0.2, -0.15) is 5.10 Å². The number of carbonyl (C=O) groups is 2. The van der Waals surface area contributed by atoms with Crippen molar-refractivity contribution in [3.63, 3.8) is 0 Å². The molecule has 1 fully saturated rings. The number of carbonyl (C=O) groups excluding carboxylic acids is 1. The van der Waals surface area contributed by atoms with Gasteiger partial charge in [-0.3, -0.25) is 19.6 Å². The van der Waals surface area contributed by atoms with Crippen LogP contribution in [0.25, 0.3) is 0 Å². The number of aromatic nitrogens is 2. The largest absolute Gasteiger partial charge is 0.480 e. The number of piperazine rings is 1. The molecule has 1 aromatic rings. The third-order valence-electron chi connectivity index (χ3n) is 3.85. The van der Waals surface area contributed by atoms with Gasteiger partial charge < -0.3 is 10.0 Å². The highest BCUT2D eigenvalue weighted by atomic mass is 16.4. The van der Waals surface area contributed by atoms with E-state index in [1.807, 2.05) is 11.8 Å². The first kappa shape index (κ1) is 14.5. The van der Waals surface area contributed by atoms with Crippen LogP contribution in [0.2, 0.25) is 0 Å². The van der Waals surface area contributed by atoms with Gasteiger partial charge in [0.05, 0.1) is 11.3 Å². The SMILES string of the molecule is Cc1n[nH]c(C)c1C(=O)N1CCN(C(C)C(=O)O)CC1. The summed E-state index contributed by atoms with van der Waals surface area (Å²) in [6.45, 7) is 7.55. The molecule has 0 radical (unpaired) electrons. The van der Waals surface area contributed by atoms with Crippen molar-refractivity contribution in [2.45, 2.75) is 26.8 Å². The number of H-pyrrole nitrogens is 1. The lowest BCUT2D eigenvalue weighted by Crippen LogP contribution is -2.53. The van der Waals surface area contributed by atoms with Crippen LogP contribution in [0.15, 0.2) is 0 Å². The van der Waals surface area contributed by atoms with Crippen LogP contribution >= 0.6 is 0 Å². The van der Waals surface area contributed by atoms with Gasteiger partial charge in [-0.05, 0) is 20.8 Å². The third-order valence-corrected chi connectivity index (χ3v) is 3.85. The highest BCUT2D eigenvalue weighted by Crippen LogP contribution is 2.15. The van der Waals surface area contributed by atoms with Crippen molar-refractivity contribution in [2.75, 3.05) is 26.2 Å². The molecule has 2 heterocycles. The van der Waals surface area contributed by atoms with Gasteiger partial charge in [-0.25, -0.2) is 0 Å². The average molecular weight is 280 g/mol. The zero-order valence-electron chi connectivity index (χ0n) is 12.0. The molecule has 2 rings (SSSR count). The molecule has 20 heavy (non-hydrogen) atoms. The summed E-state index contributed by atoms with van der Waals surface area (Å²) in [5.74, 6) is -0.859. The summed E-state index contributed by atoms with van der Waals surface area (Å²) in [5.41, 5.74) is 2.10. The average Bonchev–Trinajstić information content (AvgIpc) is 2.76. The van der Waals surface area contributed by atoms with Crippen LogP contribution < -0.4 is 0 Å². The number of aryl methyl sites for hydroxylation is 2. The quantitative estimate of drug-likeness (QED) is 0.829. The Kier molecular flexibility index (Phi) is 4.08. The number of aliphatic carboxylic acids is 1. The fourth-order valence-electron chi connectivity index (χ4n) is 2.49. The minimum Gasteiger partial charge on any atom is -0.480 e. The molecule has 1 amide bonds. The Morgan fingerprint density at radius 1 is 1.25 bits per heavy atom. The summed E-state index contributed by atoms with van der Waals surface area (Å²) in [4.78, 5) is 27.0. The van der Waals surface area contributed by atoms with E-state index in [1.165, 1.54) is 0 Å². The fraction of sp³-hybridized carbons (Fsp3) is 0.615. The molecular formula is C13H20N4O3. The predicted octanol–water partition coefficient (Wildman–Crippen LogP) is 0.257. The molecule has 110 valence electrons. The van der Waals surface area contributed by atoms with Crippen LogP contribution in [0.5, 0.6) is 0 Å². The van der Waals surface area contributed by atoms with Crippen molar-refractivity contribution in [3.05, 3.63) is 17.0 Å². The van der Waals surface area contributed by atoms with E-state index in [1.54, 1.807) is 18.7 Å². The van der Waals surface area contributed by atoms with Gasteiger partial charge in [0.1, 0.15) is 6.04 Å². The Labute approximate surface area is 117 Å². The number of hydrogen-bond donors (Lipinski definition) is 2. The van der Waals surface area contributed by atoms with Crippen LogP contribution in [-0.4, -0.2) is 69.2 Å². The minimum atomic E-state index is -0.827. The maximum atomic E-state index is 12.4. The maximum absolute atomic E-state index is 12.4. The minimum absolute atomic E-state index is 0.0311. The number of nitrogens with one attached hydrogen (secondary N) is 1. The van der Waals surface area contributed by atoms with Crippen LogP contribution in [0, 0.1) is 13.8 Å². The van der Waals surface area contributed by atoms with E-state index in [9.17, 15) is 9.59 Å². The number of amides is 1. The second-order valence-corrected chi connectivity index (χ2v) is 5.15. The van der Waals surface area contributed by atoms with Crippen molar-refractivity contribution in [3.8, 4) is 0 Å². The van der Waals surface area contributed by atoms with Gasteiger partial charge in [0.2, 0.25) is 0 Å². The standard InChI is InChI=1S/C13H20N4O3/c1-8-11(9(2)15-14-8)12(18)17-6-4-16(5-7-17)10(3)13(19)20/h10H,4-7H2,1-3H3,(H,14,15)(H,19,20). The molecule has 0 aliphatic carbocycles. The topological polar surface area (TPSA) is 89.5 Å². The predicted molar refractivity (Wildman–Crippen MR) is 72.6 cm³/mol. The zero-order valence-corrected chi connectivity index (χ0v) is 12.0. The van der Waals surface area contributed by atoms with Crippen molar-refractivity contribution >= 4 is 11.9 Å². The molecule has 7 nitrogen and oxygen atoms in total. The monoisotopic (exact) mass is 280 g/mol. The van der Waals surface area contributed by atoms with Crippen LogP contribution in [-0.2, 0) is 4.79 Å². The van der Waals surface area contributed by atoms with E-state index >= 15 is 0 Å². The first-order valence-corrected chi connectivity index (χ1v) is 6.69. The van der Waals surface area contributed by atoms with Gasteiger partial charge in [-0.1, -0.05) is 0 Å². The number of rotatable bonds is 3. The molecule has 0 spiro atoms. The summed E-state index contributed by atoms with van der Waals surface area (Å²) in [5, 5.41) is 15.8. The summed E-state index contributed by atoms with van der Waals surface area (Å²) in [7, 11) is 0. The Hall–Kier alpha value is -1.89. The first-order chi connectivity index (χ1) is 9.41. The lowest BCUT2D eigenvalue weighted by molar-refractivity contribution is -0.143. The molecule has 2 N–H and O–H groups in total.